The summed E-state index contributed by atoms with van der Waals surface area (Å²) in [4.78, 5) is 0. The van der Waals surface area contributed by atoms with E-state index in [9.17, 15) is 4.39 Å². The Morgan fingerprint density at radius 2 is 1.79 bits per heavy atom. The van der Waals surface area contributed by atoms with Crippen LogP contribution in [0.2, 0.25) is 5.02 Å². The lowest BCUT2D eigenvalue weighted by atomic mass is 9.93. The fourth-order valence-corrected chi connectivity index (χ4v) is 2.97. The van der Waals surface area contributed by atoms with Crippen LogP contribution in [-0.4, -0.2) is 5.33 Å². The molecule has 0 aliphatic heterocycles. The van der Waals surface area contributed by atoms with E-state index in [0.717, 1.165) is 9.80 Å². The highest BCUT2D eigenvalue weighted by molar-refractivity contribution is 9.10. The lowest BCUT2D eigenvalue weighted by Crippen LogP contribution is -2.06. The highest BCUT2D eigenvalue weighted by atomic mass is 79.9. The van der Waals surface area contributed by atoms with Crippen molar-refractivity contribution < 1.29 is 4.39 Å². The van der Waals surface area contributed by atoms with Crippen LogP contribution in [-0.2, 0) is 6.42 Å². The van der Waals surface area contributed by atoms with Crippen LogP contribution in [0.5, 0.6) is 0 Å². The number of rotatable bonds is 4. The minimum atomic E-state index is -0.240. The van der Waals surface area contributed by atoms with E-state index in [2.05, 4.69) is 44.0 Å². The number of hydrogen-bond acceptors (Lipinski definition) is 0. The summed E-state index contributed by atoms with van der Waals surface area (Å²) in [7, 11) is 0. The third-order valence-electron chi connectivity index (χ3n) is 3.01. The van der Waals surface area contributed by atoms with Crippen LogP contribution in [0.3, 0.4) is 0 Å². The first-order valence-corrected chi connectivity index (χ1v) is 8.14. The summed E-state index contributed by atoms with van der Waals surface area (Å²) in [6.45, 7) is 0. The highest BCUT2D eigenvalue weighted by Gasteiger charge is 2.14. The van der Waals surface area contributed by atoms with Crippen molar-refractivity contribution >= 4 is 43.5 Å². The van der Waals surface area contributed by atoms with Crippen molar-refractivity contribution in [3.05, 3.63) is 68.9 Å². The molecule has 0 aromatic heterocycles. The predicted octanol–water partition coefficient (Wildman–Crippen LogP) is 5.96. The molecule has 0 nitrogen and oxygen atoms in total. The molecule has 0 bridgehead atoms. The molecule has 100 valence electrons. The van der Waals surface area contributed by atoms with Gasteiger partial charge in [0.25, 0.3) is 0 Å². The number of halogens is 4. The number of alkyl halides is 1. The van der Waals surface area contributed by atoms with Gasteiger partial charge in [0.1, 0.15) is 5.82 Å². The van der Waals surface area contributed by atoms with Crippen LogP contribution in [0.4, 0.5) is 4.39 Å². The van der Waals surface area contributed by atoms with E-state index in [4.69, 9.17) is 11.6 Å². The Morgan fingerprint density at radius 1 is 1.11 bits per heavy atom. The molecule has 2 aromatic rings. The molecule has 0 fully saturated rings. The molecule has 0 saturated carbocycles. The Labute approximate surface area is 134 Å². The molecule has 1 unspecified atom stereocenters. The summed E-state index contributed by atoms with van der Waals surface area (Å²) in [5.74, 6) is -0.000614. The largest absolute Gasteiger partial charge is 0.207 e. The summed E-state index contributed by atoms with van der Waals surface area (Å²) in [5.41, 5.74) is 1.88. The second-order valence-corrected chi connectivity index (χ2v) is 6.34. The lowest BCUT2D eigenvalue weighted by molar-refractivity contribution is 0.599. The molecule has 0 spiro atoms. The molecule has 2 aromatic carbocycles. The Balaban J connectivity index is 2.21. The second-order valence-electron chi connectivity index (χ2n) is 4.34. The van der Waals surface area contributed by atoms with Crippen molar-refractivity contribution in [3.8, 4) is 0 Å². The van der Waals surface area contributed by atoms with Crippen LogP contribution in [0.25, 0.3) is 0 Å². The van der Waals surface area contributed by atoms with Gasteiger partial charge in [-0.25, -0.2) is 4.39 Å². The molecule has 1 atom stereocenters. The van der Waals surface area contributed by atoms with E-state index in [1.54, 1.807) is 12.1 Å². The Bertz CT molecular complexity index is 555. The molecular weight excluding hydrogens is 394 g/mol. The first-order valence-electron chi connectivity index (χ1n) is 5.85. The smallest absolute Gasteiger partial charge is 0.127 e. The average molecular weight is 407 g/mol. The molecule has 4 heteroatoms. The van der Waals surface area contributed by atoms with Gasteiger partial charge in [-0.2, -0.15) is 0 Å². The van der Waals surface area contributed by atoms with Gasteiger partial charge in [-0.3, -0.25) is 0 Å². The van der Waals surface area contributed by atoms with Crippen molar-refractivity contribution in [1.29, 1.82) is 0 Å². The third-order valence-corrected chi connectivity index (χ3v) is 4.55. The fraction of sp³-hybridized carbons (Fsp3) is 0.200. The number of hydrogen-bond donors (Lipinski definition) is 0. The summed E-state index contributed by atoms with van der Waals surface area (Å²) in [5, 5.41) is 1.22. The maximum Gasteiger partial charge on any atom is 0.127 e. The monoisotopic (exact) mass is 404 g/mol. The topological polar surface area (TPSA) is 0 Å². The van der Waals surface area contributed by atoms with Crippen molar-refractivity contribution in [3.63, 3.8) is 0 Å². The number of benzene rings is 2. The molecule has 0 aliphatic rings. The summed E-state index contributed by atoms with van der Waals surface area (Å²) in [6.07, 6.45) is 0.649. The standard InChI is InChI=1S/C15H12Br2ClF/c16-9-12(10-1-4-13(17)5-2-10)7-11-3-6-14(18)8-15(11)19/h1-6,8,12H,7,9H2. The quantitative estimate of drug-likeness (QED) is 0.550. The van der Waals surface area contributed by atoms with Gasteiger partial charge in [-0.1, -0.05) is 61.7 Å². The van der Waals surface area contributed by atoms with Crippen molar-refractivity contribution in [1.82, 2.24) is 0 Å². The van der Waals surface area contributed by atoms with Gasteiger partial charge in [0.15, 0.2) is 0 Å². The molecule has 0 radical (unpaired) electrons. The van der Waals surface area contributed by atoms with E-state index >= 15 is 0 Å². The molecule has 0 aliphatic carbocycles. The zero-order chi connectivity index (χ0) is 13.8. The molecule has 0 N–H and O–H groups in total. The normalized spacial score (nSPS) is 12.4. The van der Waals surface area contributed by atoms with Crippen molar-refractivity contribution in [2.75, 3.05) is 5.33 Å². The van der Waals surface area contributed by atoms with Crippen LogP contribution in [0.15, 0.2) is 46.9 Å². The van der Waals surface area contributed by atoms with Crippen LogP contribution in [0, 0.1) is 5.82 Å². The van der Waals surface area contributed by atoms with Crippen molar-refractivity contribution in [2.24, 2.45) is 0 Å². The van der Waals surface area contributed by atoms with E-state index in [1.807, 2.05) is 12.1 Å². The van der Waals surface area contributed by atoms with Crippen LogP contribution < -0.4 is 0 Å². The van der Waals surface area contributed by atoms with Crippen molar-refractivity contribution in [2.45, 2.75) is 12.3 Å². The van der Waals surface area contributed by atoms with Gasteiger partial charge in [0.2, 0.25) is 0 Å². The zero-order valence-electron chi connectivity index (χ0n) is 10.0. The SMILES string of the molecule is Fc1cc(Cl)ccc1CC(CBr)c1ccc(Br)cc1. The van der Waals surface area contributed by atoms with Gasteiger partial charge in [0, 0.05) is 14.8 Å². The molecular formula is C15H12Br2ClF. The van der Waals surface area contributed by atoms with Gasteiger partial charge in [-0.05, 0) is 47.7 Å². The van der Waals surface area contributed by atoms with E-state index in [0.29, 0.717) is 17.0 Å². The second kappa shape index (κ2) is 6.87. The van der Waals surface area contributed by atoms with Gasteiger partial charge < -0.3 is 0 Å². The van der Waals surface area contributed by atoms with E-state index in [1.165, 1.54) is 11.6 Å². The fourth-order valence-electron chi connectivity index (χ4n) is 1.95. The average Bonchev–Trinajstić information content (AvgIpc) is 2.39. The minimum absolute atomic E-state index is 0.240. The summed E-state index contributed by atoms with van der Waals surface area (Å²) < 4.78 is 14.9. The molecule has 0 saturated heterocycles. The lowest BCUT2D eigenvalue weighted by Gasteiger charge is -2.15. The first-order chi connectivity index (χ1) is 9.10. The third kappa shape index (κ3) is 4.04. The molecule has 0 amide bonds. The van der Waals surface area contributed by atoms with Crippen LogP contribution >= 0.6 is 43.5 Å². The molecule has 0 heterocycles. The Morgan fingerprint density at radius 3 is 2.37 bits per heavy atom. The summed E-state index contributed by atoms with van der Waals surface area (Å²) >= 11 is 12.7. The molecule has 2 rings (SSSR count). The maximum atomic E-state index is 13.8. The Kier molecular flexibility index (Phi) is 5.43. The highest BCUT2D eigenvalue weighted by Crippen LogP contribution is 2.26. The Hall–Kier alpha value is -0.380. The predicted molar refractivity (Wildman–Crippen MR) is 85.8 cm³/mol. The summed E-state index contributed by atoms with van der Waals surface area (Å²) in [6, 6.07) is 13.0. The van der Waals surface area contributed by atoms with Gasteiger partial charge >= 0.3 is 0 Å². The van der Waals surface area contributed by atoms with E-state index in [-0.39, 0.29) is 11.7 Å². The van der Waals surface area contributed by atoms with Crippen LogP contribution in [0.1, 0.15) is 17.0 Å². The van der Waals surface area contributed by atoms with Gasteiger partial charge in [0.05, 0.1) is 0 Å². The maximum absolute atomic E-state index is 13.8. The zero-order valence-corrected chi connectivity index (χ0v) is 14.0. The molecule has 19 heavy (non-hydrogen) atoms. The van der Waals surface area contributed by atoms with Gasteiger partial charge in [-0.15, -0.1) is 0 Å². The van der Waals surface area contributed by atoms with E-state index < -0.39 is 0 Å². The first kappa shape index (κ1) is 15.0. The minimum Gasteiger partial charge on any atom is -0.207 e.